The Morgan fingerprint density at radius 2 is 1.92 bits per heavy atom. The molecule has 0 fully saturated rings. The molecule has 7 nitrogen and oxygen atoms in total. The summed E-state index contributed by atoms with van der Waals surface area (Å²) in [5, 5.41) is 11.3. The van der Waals surface area contributed by atoms with Gasteiger partial charge in [0, 0.05) is 30.6 Å². The summed E-state index contributed by atoms with van der Waals surface area (Å²) < 4.78 is 1.39. The molecule has 0 aliphatic heterocycles. The van der Waals surface area contributed by atoms with Crippen molar-refractivity contribution in [2.45, 2.75) is 12.1 Å². The zero-order valence-electron chi connectivity index (χ0n) is 13.4. The predicted molar refractivity (Wildman–Crippen MR) is 95.3 cm³/mol. The lowest BCUT2D eigenvalue weighted by molar-refractivity contribution is -0.113. The van der Waals surface area contributed by atoms with Crippen molar-refractivity contribution < 1.29 is 9.59 Å². The number of benzene rings is 1. The van der Waals surface area contributed by atoms with Gasteiger partial charge in [0.1, 0.15) is 0 Å². The number of rotatable bonds is 5. The van der Waals surface area contributed by atoms with Crippen molar-refractivity contribution in [3.05, 3.63) is 54.9 Å². The monoisotopic (exact) mass is 353 g/mol. The highest BCUT2D eigenvalue weighted by Gasteiger charge is 2.18. The number of thioether (sulfide) groups is 1. The van der Waals surface area contributed by atoms with E-state index < -0.39 is 0 Å². The molecule has 2 aromatic heterocycles. The molecule has 0 aliphatic carbocycles. The molecular formula is C17H15N5O2S. The number of para-hydroxylation sites is 1. The van der Waals surface area contributed by atoms with Crippen LogP contribution in [-0.2, 0) is 4.79 Å². The molecule has 3 rings (SSSR count). The fourth-order valence-electron chi connectivity index (χ4n) is 2.18. The number of hydrogen-bond acceptors (Lipinski definition) is 6. The molecule has 2 heterocycles. The van der Waals surface area contributed by atoms with Gasteiger partial charge in [0.05, 0.1) is 5.75 Å². The molecule has 0 spiro atoms. The highest BCUT2D eigenvalue weighted by Crippen LogP contribution is 2.23. The third-order valence-electron chi connectivity index (χ3n) is 3.26. The molecule has 0 aliphatic rings. The molecule has 25 heavy (non-hydrogen) atoms. The van der Waals surface area contributed by atoms with Gasteiger partial charge in [0.2, 0.25) is 11.8 Å². The first-order valence-electron chi connectivity index (χ1n) is 7.49. The third kappa shape index (κ3) is 4.10. The van der Waals surface area contributed by atoms with E-state index in [9.17, 15) is 9.59 Å². The molecule has 1 amide bonds. The molecule has 3 aromatic rings. The van der Waals surface area contributed by atoms with Crippen LogP contribution in [0, 0.1) is 0 Å². The van der Waals surface area contributed by atoms with Gasteiger partial charge in [0.15, 0.2) is 11.0 Å². The SMILES string of the molecule is CC(=O)n1c(SCC(=O)Nc2ccccc2)nnc1-c1cccnc1. The van der Waals surface area contributed by atoms with Crippen LogP contribution in [0.2, 0.25) is 0 Å². The number of pyridine rings is 1. The van der Waals surface area contributed by atoms with Crippen molar-refractivity contribution in [1.82, 2.24) is 19.7 Å². The van der Waals surface area contributed by atoms with Gasteiger partial charge in [-0.3, -0.25) is 14.6 Å². The van der Waals surface area contributed by atoms with Crippen molar-refractivity contribution in [3.8, 4) is 11.4 Å². The van der Waals surface area contributed by atoms with E-state index in [4.69, 9.17) is 0 Å². The summed E-state index contributed by atoms with van der Waals surface area (Å²) in [4.78, 5) is 28.1. The largest absolute Gasteiger partial charge is 0.325 e. The molecule has 0 saturated heterocycles. The van der Waals surface area contributed by atoms with Gasteiger partial charge in [-0.05, 0) is 24.3 Å². The van der Waals surface area contributed by atoms with Crippen LogP contribution in [0.1, 0.15) is 11.7 Å². The van der Waals surface area contributed by atoms with E-state index in [-0.39, 0.29) is 17.6 Å². The number of aromatic nitrogens is 4. The number of amides is 1. The lowest BCUT2D eigenvalue weighted by Crippen LogP contribution is -2.15. The van der Waals surface area contributed by atoms with Crippen LogP contribution in [0.15, 0.2) is 60.0 Å². The number of anilines is 1. The van der Waals surface area contributed by atoms with Crippen LogP contribution in [0.25, 0.3) is 11.4 Å². The summed E-state index contributed by atoms with van der Waals surface area (Å²) in [6, 6.07) is 12.7. The van der Waals surface area contributed by atoms with Crippen LogP contribution in [-0.4, -0.2) is 37.3 Å². The third-order valence-corrected chi connectivity index (χ3v) is 4.19. The van der Waals surface area contributed by atoms with Gasteiger partial charge >= 0.3 is 0 Å². The Morgan fingerprint density at radius 3 is 2.60 bits per heavy atom. The van der Waals surface area contributed by atoms with Crippen LogP contribution in [0.3, 0.4) is 0 Å². The molecule has 8 heteroatoms. The summed E-state index contributed by atoms with van der Waals surface area (Å²) in [7, 11) is 0. The summed E-state index contributed by atoms with van der Waals surface area (Å²) >= 11 is 1.15. The Balaban J connectivity index is 1.74. The average Bonchev–Trinajstić information content (AvgIpc) is 3.06. The van der Waals surface area contributed by atoms with Gasteiger partial charge < -0.3 is 5.32 Å². The molecule has 0 radical (unpaired) electrons. The first-order chi connectivity index (χ1) is 12.1. The van der Waals surface area contributed by atoms with Crippen LogP contribution in [0.5, 0.6) is 0 Å². The van der Waals surface area contributed by atoms with Gasteiger partial charge in [0.25, 0.3) is 0 Å². The number of carbonyl (C=O) groups is 2. The fourth-order valence-corrected chi connectivity index (χ4v) is 2.95. The van der Waals surface area contributed by atoms with E-state index >= 15 is 0 Å². The molecule has 0 saturated carbocycles. The van der Waals surface area contributed by atoms with Crippen molar-refractivity contribution in [1.29, 1.82) is 0 Å². The topological polar surface area (TPSA) is 89.8 Å². The second-order valence-electron chi connectivity index (χ2n) is 5.11. The normalized spacial score (nSPS) is 10.4. The van der Waals surface area contributed by atoms with Crippen LogP contribution < -0.4 is 5.32 Å². The standard InChI is InChI=1S/C17H15N5O2S/c1-12(23)22-16(13-6-5-9-18-10-13)20-21-17(22)25-11-15(24)19-14-7-3-2-4-8-14/h2-10H,11H2,1H3,(H,19,24). The fraction of sp³-hybridized carbons (Fsp3) is 0.118. The van der Waals surface area contributed by atoms with Crippen molar-refractivity contribution in [3.63, 3.8) is 0 Å². The van der Waals surface area contributed by atoms with Gasteiger partial charge in [-0.15, -0.1) is 10.2 Å². The number of carbonyl (C=O) groups excluding carboxylic acids is 2. The lowest BCUT2D eigenvalue weighted by Gasteiger charge is -2.06. The predicted octanol–water partition coefficient (Wildman–Crippen LogP) is 2.73. The molecule has 0 atom stereocenters. The zero-order chi connectivity index (χ0) is 17.6. The van der Waals surface area contributed by atoms with Gasteiger partial charge in [-0.1, -0.05) is 30.0 Å². The summed E-state index contributed by atoms with van der Waals surface area (Å²) in [6.07, 6.45) is 3.25. The molecular weight excluding hydrogens is 338 g/mol. The van der Waals surface area contributed by atoms with E-state index in [1.54, 1.807) is 36.7 Å². The van der Waals surface area contributed by atoms with E-state index in [1.165, 1.54) is 11.5 Å². The van der Waals surface area contributed by atoms with E-state index in [1.807, 2.05) is 18.2 Å². The average molecular weight is 353 g/mol. The summed E-state index contributed by atoms with van der Waals surface area (Å²) in [5.41, 5.74) is 1.41. The minimum atomic E-state index is -0.227. The summed E-state index contributed by atoms with van der Waals surface area (Å²) in [6.45, 7) is 1.43. The first kappa shape index (κ1) is 16.8. The van der Waals surface area contributed by atoms with Crippen molar-refractivity contribution >= 4 is 29.3 Å². The smallest absolute Gasteiger partial charge is 0.234 e. The zero-order valence-corrected chi connectivity index (χ0v) is 14.2. The van der Waals surface area contributed by atoms with Crippen molar-refractivity contribution in [2.24, 2.45) is 0 Å². The van der Waals surface area contributed by atoms with E-state index in [0.717, 1.165) is 17.4 Å². The number of nitrogens with one attached hydrogen (secondary N) is 1. The van der Waals surface area contributed by atoms with E-state index in [2.05, 4.69) is 20.5 Å². The maximum Gasteiger partial charge on any atom is 0.234 e. The van der Waals surface area contributed by atoms with Gasteiger partial charge in [-0.25, -0.2) is 4.57 Å². The van der Waals surface area contributed by atoms with E-state index in [0.29, 0.717) is 16.5 Å². The maximum absolute atomic E-state index is 12.1. The summed E-state index contributed by atoms with van der Waals surface area (Å²) in [5.74, 6) is 0.117. The molecule has 0 bridgehead atoms. The Kier molecular flexibility index (Phi) is 5.20. The molecule has 1 N–H and O–H groups in total. The Morgan fingerprint density at radius 1 is 1.12 bits per heavy atom. The minimum Gasteiger partial charge on any atom is -0.325 e. The minimum absolute atomic E-state index is 0.118. The maximum atomic E-state index is 12.1. The second-order valence-corrected chi connectivity index (χ2v) is 6.05. The molecule has 126 valence electrons. The van der Waals surface area contributed by atoms with Crippen LogP contribution in [0.4, 0.5) is 5.69 Å². The highest BCUT2D eigenvalue weighted by molar-refractivity contribution is 7.99. The quantitative estimate of drug-likeness (QED) is 0.709. The van der Waals surface area contributed by atoms with Crippen LogP contribution >= 0.6 is 11.8 Å². The lowest BCUT2D eigenvalue weighted by atomic mass is 10.3. The second kappa shape index (κ2) is 7.71. The Labute approximate surface area is 148 Å². The van der Waals surface area contributed by atoms with Crippen molar-refractivity contribution in [2.75, 3.05) is 11.1 Å². The highest BCUT2D eigenvalue weighted by atomic mass is 32.2. The molecule has 0 unspecified atom stereocenters. The van der Waals surface area contributed by atoms with Gasteiger partial charge in [-0.2, -0.15) is 0 Å². The Bertz CT molecular complexity index is 881. The number of hydrogen-bond donors (Lipinski definition) is 1. The number of nitrogens with zero attached hydrogens (tertiary/aromatic N) is 4. The first-order valence-corrected chi connectivity index (χ1v) is 8.48. The Hall–Kier alpha value is -3.00. The molecule has 1 aromatic carbocycles.